The first kappa shape index (κ1) is 29.4. The highest BCUT2D eigenvalue weighted by molar-refractivity contribution is 6.02. The van der Waals surface area contributed by atoms with E-state index in [2.05, 4.69) is 0 Å². The number of aliphatic hydroxyl groups excluding tert-OH is 6. The Labute approximate surface area is 233 Å². The van der Waals surface area contributed by atoms with E-state index in [1.54, 1.807) is 12.1 Å². The monoisotopic (exact) mass is 580 g/mol. The molecule has 41 heavy (non-hydrogen) atoms. The number of aromatic hydroxyl groups is 2. The summed E-state index contributed by atoms with van der Waals surface area (Å²) in [7, 11) is 0. The van der Waals surface area contributed by atoms with E-state index in [1.165, 1.54) is 25.1 Å². The van der Waals surface area contributed by atoms with Crippen molar-refractivity contribution in [2.24, 2.45) is 0 Å². The Bertz CT molecular complexity index is 1240. The van der Waals surface area contributed by atoms with Crippen molar-refractivity contribution in [1.29, 1.82) is 0 Å². The van der Waals surface area contributed by atoms with Crippen molar-refractivity contribution in [3.63, 3.8) is 0 Å². The van der Waals surface area contributed by atoms with E-state index in [0.29, 0.717) is 5.56 Å². The Balaban J connectivity index is 1.30. The molecule has 3 aliphatic heterocycles. The summed E-state index contributed by atoms with van der Waals surface area (Å²) in [6.07, 6.45) is -15.6. The molecule has 14 heteroatoms. The summed E-state index contributed by atoms with van der Waals surface area (Å²) >= 11 is 0. The molecule has 0 amide bonds. The molecule has 2 aromatic rings. The molecular formula is C27H32O14. The van der Waals surface area contributed by atoms with Crippen molar-refractivity contribution in [2.45, 2.75) is 80.9 Å². The Morgan fingerprint density at radius 3 is 2.20 bits per heavy atom. The van der Waals surface area contributed by atoms with E-state index in [1.807, 2.05) is 0 Å². The van der Waals surface area contributed by atoms with Gasteiger partial charge in [0.1, 0.15) is 77.4 Å². The van der Waals surface area contributed by atoms with Crippen molar-refractivity contribution in [3.05, 3.63) is 47.5 Å². The van der Waals surface area contributed by atoms with Gasteiger partial charge in [0.2, 0.25) is 6.29 Å². The molecule has 2 aromatic carbocycles. The predicted octanol–water partition coefficient (Wildman–Crippen LogP) is -1.17. The normalized spacial score (nSPS) is 37.2. The molecule has 224 valence electrons. The lowest BCUT2D eigenvalue weighted by atomic mass is 9.95. The molecule has 11 atom stereocenters. The molecule has 5 rings (SSSR count). The number of fused-ring (bicyclic) bond motifs is 1. The molecule has 8 N–H and O–H groups in total. The van der Waals surface area contributed by atoms with Gasteiger partial charge in [-0.15, -0.1) is 0 Å². The molecule has 3 aliphatic rings. The number of ether oxygens (including phenoxy) is 5. The number of benzene rings is 2. The first-order valence-electron chi connectivity index (χ1n) is 13.0. The molecular weight excluding hydrogens is 548 g/mol. The Kier molecular flexibility index (Phi) is 8.39. The number of phenols is 2. The summed E-state index contributed by atoms with van der Waals surface area (Å²) in [5.74, 6) is -0.893. The van der Waals surface area contributed by atoms with Gasteiger partial charge >= 0.3 is 0 Å². The summed E-state index contributed by atoms with van der Waals surface area (Å²) in [4.78, 5) is 12.8. The summed E-state index contributed by atoms with van der Waals surface area (Å²) in [5, 5.41) is 81.5. The molecule has 0 spiro atoms. The van der Waals surface area contributed by atoms with E-state index < -0.39 is 85.7 Å². The number of hydrogen-bond donors (Lipinski definition) is 8. The van der Waals surface area contributed by atoms with Crippen LogP contribution in [-0.4, -0.2) is 115 Å². The topological polar surface area (TPSA) is 225 Å². The third kappa shape index (κ3) is 5.83. The van der Waals surface area contributed by atoms with E-state index in [9.17, 15) is 45.6 Å². The maximum absolute atomic E-state index is 12.8. The number of hydrogen-bond acceptors (Lipinski definition) is 14. The van der Waals surface area contributed by atoms with Crippen molar-refractivity contribution in [3.8, 4) is 23.0 Å². The van der Waals surface area contributed by atoms with Crippen LogP contribution in [0.3, 0.4) is 0 Å². The minimum Gasteiger partial charge on any atom is -0.508 e. The van der Waals surface area contributed by atoms with Gasteiger partial charge in [-0.3, -0.25) is 4.79 Å². The third-order valence-electron chi connectivity index (χ3n) is 7.39. The second kappa shape index (κ2) is 11.7. The van der Waals surface area contributed by atoms with Gasteiger partial charge in [0.05, 0.1) is 19.1 Å². The van der Waals surface area contributed by atoms with E-state index in [0.717, 1.165) is 6.07 Å². The third-order valence-corrected chi connectivity index (χ3v) is 7.39. The Morgan fingerprint density at radius 2 is 1.49 bits per heavy atom. The van der Waals surface area contributed by atoms with Crippen LogP contribution >= 0.6 is 0 Å². The minimum atomic E-state index is -1.76. The Morgan fingerprint density at radius 1 is 0.829 bits per heavy atom. The maximum Gasteiger partial charge on any atom is 0.229 e. The number of rotatable bonds is 6. The van der Waals surface area contributed by atoms with Gasteiger partial charge in [0.25, 0.3) is 0 Å². The zero-order valence-electron chi connectivity index (χ0n) is 21.8. The van der Waals surface area contributed by atoms with Gasteiger partial charge in [-0.25, -0.2) is 0 Å². The molecule has 3 heterocycles. The standard InChI is InChI=1S/C27H32O14/c1-10-20(31)22(33)24(35)26(38-10)37-9-18-21(32)23(34)25(36)27(41-18)39-13-6-14(29)19-15(30)8-16(40-17(19)7-13)11-2-4-12(28)5-3-11/h2-7,10,16,18,20-29,31-36H,8-9H2,1H3/t10-,16-,18-,20-,21+,22+,23+,24-,25+,26+,27+/m0/s1. The SMILES string of the molecule is C[C@@H]1O[C@@H](OC[C@@H]2O[C@@H](Oc3cc(O)c4c(c3)O[C@H](c3ccc(O)cc3)CC4=O)[C@H](O)[C@H](O)[C@@H]2O)[C@@H](O)[C@H](O)[C@H]1O. The summed E-state index contributed by atoms with van der Waals surface area (Å²) in [6.45, 7) is 0.980. The highest BCUT2D eigenvalue weighted by Gasteiger charge is 2.47. The Hall–Kier alpha value is -3.05. The number of ketones is 1. The van der Waals surface area contributed by atoms with Crippen LogP contribution in [0.4, 0.5) is 0 Å². The lowest BCUT2D eigenvalue weighted by Crippen LogP contribution is -2.61. The number of carbonyl (C=O) groups is 1. The molecule has 0 radical (unpaired) electrons. The van der Waals surface area contributed by atoms with E-state index >= 15 is 0 Å². The molecule has 2 fully saturated rings. The van der Waals surface area contributed by atoms with Crippen LogP contribution in [0.15, 0.2) is 36.4 Å². The van der Waals surface area contributed by atoms with Gasteiger partial charge in [-0.05, 0) is 24.6 Å². The average molecular weight is 581 g/mol. The highest BCUT2D eigenvalue weighted by atomic mass is 16.7. The lowest BCUT2D eigenvalue weighted by molar-refractivity contribution is -0.318. The fraction of sp³-hybridized carbons (Fsp3) is 0.519. The summed E-state index contributed by atoms with van der Waals surface area (Å²) < 4.78 is 28.0. The van der Waals surface area contributed by atoms with Gasteiger partial charge < -0.3 is 64.5 Å². The average Bonchev–Trinajstić information content (AvgIpc) is 2.94. The molecule has 2 saturated heterocycles. The lowest BCUT2D eigenvalue weighted by Gasteiger charge is -2.42. The smallest absolute Gasteiger partial charge is 0.229 e. The largest absolute Gasteiger partial charge is 0.508 e. The second-order valence-corrected chi connectivity index (χ2v) is 10.3. The van der Waals surface area contributed by atoms with Crippen LogP contribution in [-0.2, 0) is 14.2 Å². The van der Waals surface area contributed by atoms with Crippen LogP contribution < -0.4 is 9.47 Å². The van der Waals surface area contributed by atoms with Crippen molar-refractivity contribution in [2.75, 3.05) is 6.61 Å². The van der Waals surface area contributed by atoms with Crippen molar-refractivity contribution >= 4 is 5.78 Å². The fourth-order valence-corrected chi connectivity index (χ4v) is 4.98. The first-order valence-corrected chi connectivity index (χ1v) is 13.0. The van der Waals surface area contributed by atoms with Gasteiger partial charge in [0, 0.05) is 12.1 Å². The van der Waals surface area contributed by atoms with Gasteiger partial charge in [-0.2, -0.15) is 0 Å². The molecule has 14 nitrogen and oxygen atoms in total. The minimum absolute atomic E-state index is 0.00149. The van der Waals surface area contributed by atoms with Crippen LogP contribution in [0.1, 0.15) is 35.4 Å². The number of carbonyl (C=O) groups excluding carboxylic acids is 1. The highest BCUT2D eigenvalue weighted by Crippen LogP contribution is 2.42. The van der Waals surface area contributed by atoms with Crippen LogP contribution in [0.25, 0.3) is 0 Å². The zero-order valence-corrected chi connectivity index (χ0v) is 21.8. The molecule has 0 unspecified atom stereocenters. The second-order valence-electron chi connectivity index (χ2n) is 10.3. The summed E-state index contributed by atoms with van der Waals surface area (Å²) in [6, 6.07) is 8.51. The molecule has 0 saturated carbocycles. The molecule has 0 aliphatic carbocycles. The van der Waals surface area contributed by atoms with Crippen LogP contribution in [0.5, 0.6) is 23.0 Å². The van der Waals surface area contributed by atoms with Gasteiger partial charge in [0.15, 0.2) is 12.1 Å². The fourth-order valence-electron chi connectivity index (χ4n) is 4.98. The number of Topliss-reactive ketones (excluding diaryl/α,β-unsaturated/α-hetero) is 1. The predicted molar refractivity (Wildman–Crippen MR) is 134 cm³/mol. The van der Waals surface area contributed by atoms with Crippen molar-refractivity contribution in [1.82, 2.24) is 0 Å². The zero-order chi connectivity index (χ0) is 29.6. The van der Waals surface area contributed by atoms with Crippen LogP contribution in [0, 0.1) is 0 Å². The quantitative estimate of drug-likeness (QED) is 0.202. The molecule has 0 aromatic heterocycles. The number of aliphatic hydroxyl groups is 6. The first-order chi connectivity index (χ1) is 19.4. The number of phenolic OH excluding ortho intramolecular Hbond substituents is 2. The molecule has 0 bridgehead atoms. The van der Waals surface area contributed by atoms with Crippen molar-refractivity contribution < 1.29 is 69.3 Å². The maximum atomic E-state index is 12.8. The van der Waals surface area contributed by atoms with Gasteiger partial charge in [-0.1, -0.05) is 12.1 Å². The van der Waals surface area contributed by atoms with E-state index in [-0.39, 0.29) is 29.2 Å². The summed E-state index contributed by atoms with van der Waals surface area (Å²) in [5.41, 5.74) is 0.550. The van der Waals surface area contributed by atoms with E-state index in [4.69, 9.17) is 23.7 Å². The van der Waals surface area contributed by atoms with Crippen LogP contribution in [0.2, 0.25) is 0 Å².